The molecule has 1 unspecified atom stereocenters. The lowest BCUT2D eigenvalue weighted by Crippen LogP contribution is -2.31. The molecule has 1 aliphatic rings. The van der Waals surface area contributed by atoms with Crippen molar-refractivity contribution in [2.45, 2.75) is 38.9 Å². The highest BCUT2D eigenvalue weighted by molar-refractivity contribution is 5.95. The van der Waals surface area contributed by atoms with E-state index in [-0.39, 0.29) is 18.1 Å². The van der Waals surface area contributed by atoms with Crippen molar-refractivity contribution in [2.75, 3.05) is 18.9 Å². The van der Waals surface area contributed by atoms with E-state index in [1.54, 1.807) is 18.2 Å². The predicted molar refractivity (Wildman–Crippen MR) is 77.9 cm³/mol. The third kappa shape index (κ3) is 3.87. The van der Waals surface area contributed by atoms with E-state index in [4.69, 9.17) is 15.2 Å². The highest BCUT2D eigenvalue weighted by Crippen LogP contribution is 2.23. The first-order valence-corrected chi connectivity index (χ1v) is 7.02. The van der Waals surface area contributed by atoms with Crippen LogP contribution in [0.3, 0.4) is 0 Å². The van der Waals surface area contributed by atoms with Crippen LogP contribution in [0.1, 0.15) is 37.0 Å². The lowest BCUT2D eigenvalue weighted by Gasteiger charge is -2.14. The Morgan fingerprint density at radius 3 is 2.95 bits per heavy atom. The van der Waals surface area contributed by atoms with E-state index in [2.05, 4.69) is 5.32 Å². The molecule has 2 rings (SSSR count). The molecule has 1 fully saturated rings. The maximum atomic E-state index is 12.0. The van der Waals surface area contributed by atoms with Crippen LogP contribution < -0.4 is 15.8 Å². The van der Waals surface area contributed by atoms with Gasteiger partial charge in [0.05, 0.1) is 17.9 Å². The molecule has 0 bridgehead atoms. The fraction of sp³-hybridized carbons (Fsp3) is 0.533. The van der Waals surface area contributed by atoms with Crippen LogP contribution in [0.25, 0.3) is 0 Å². The second kappa shape index (κ2) is 6.61. The molecule has 5 nitrogen and oxygen atoms in total. The summed E-state index contributed by atoms with van der Waals surface area (Å²) in [4.78, 5) is 12.0. The molecule has 1 amide bonds. The zero-order valence-corrected chi connectivity index (χ0v) is 12.0. The molecule has 1 aromatic rings. The van der Waals surface area contributed by atoms with Crippen molar-refractivity contribution in [2.24, 2.45) is 0 Å². The minimum atomic E-state index is -0.136. The van der Waals surface area contributed by atoms with E-state index < -0.39 is 0 Å². The summed E-state index contributed by atoms with van der Waals surface area (Å²) in [5, 5.41) is 2.87. The quantitative estimate of drug-likeness (QED) is 0.808. The summed E-state index contributed by atoms with van der Waals surface area (Å²) in [6, 6.07) is 5.10. The number of nitrogens with two attached hydrogens (primary N) is 1. The van der Waals surface area contributed by atoms with Crippen LogP contribution in [0.15, 0.2) is 18.2 Å². The first-order valence-electron chi connectivity index (χ1n) is 7.02. The molecule has 0 aromatic heterocycles. The summed E-state index contributed by atoms with van der Waals surface area (Å²) in [7, 11) is 0. The minimum absolute atomic E-state index is 0.0523. The lowest BCUT2D eigenvalue weighted by molar-refractivity contribution is 0.0858. The lowest BCUT2D eigenvalue weighted by atomic mass is 10.1. The Kier molecular flexibility index (Phi) is 4.84. The summed E-state index contributed by atoms with van der Waals surface area (Å²) in [5.74, 6) is 0.471. The van der Waals surface area contributed by atoms with Crippen LogP contribution in [0.4, 0.5) is 5.69 Å². The van der Waals surface area contributed by atoms with Crippen LogP contribution >= 0.6 is 0 Å². The Balaban J connectivity index is 1.94. The minimum Gasteiger partial charge on any atom is -0.489 e. The van der Waals surface area contributed by atoms with E-state index in [1.165, 1.54) is 0 Å². The number of ether oxygens (including phenoxy) is 2. The maximum absolute atomic E-state index is 12.0. The van der Waals surface area contributed by atoms with Crippen molar-refractivity contribution < 1.29 is 14.3 Å². The van der Waals surface area contributed by atoms with Gasteiger partial charge in [0.25, 0.3) is 5.91 Å². The Bertz CT molecular complexity index is 468. The Morgan fingerprint density at radius 2 is 2.35 bits per heavy atom. The monoisotopic (exact) mass is 278 g/mol. The highest BCUT2D eigenvalue weighted by atomic mass is 16.5. The van der Waals surface area contributed by atoms with Gasteiger partial charge in [-0.25, -0.2) is 0 Å². The molecule has 5 heteroatoms. The molecule has 3 N–H and O–H groups in total. The molecule has 0 aliphatic carbocycles. The van der Waals surface area contributed by atoms with Crippen LogP contribution in [0.2, 0.25) is 0 Å². The fourth-order valence-electron chi connectivity index (χ4n) is 2.16. The number of hydrogen-bond acceptors (Lipinski definition) is 4. The van der Waals surface area contributed by atoms with E-state index >= 15 is 0 Å². The van der Waals surface area contributed by atoms with Gasteiger partial charge in [0, 0.05) is 18.7 Å². The Hall–Kier alpha value is -1.75. The third-order valence-electron chi connectivity index (χ3n) is 3.15. The first-order chi connectivity index (χ1) is 9.56. The molecule has 1 atom stereocenters. The first kappa shape index (κ1) is 14.7. The van der Waals surface area contributed by atoms with Crippen LogP contribution in [-0.2, 0) is 4.74 Å². The summed E-state index contributed by atoms with van der Waals surface area (Å²) in [6.07, 6.45) is 2.26. The normalized spacial score (nSPS) is 18.2. The Morgan fingerprint density at radius 1 is 1.55 bits per heavy atom. The fourth-order valence-corrected chi connectivity index (χ4v) is 2.16. The van der Waals surface area contributed by atoms with Gasteiger partial charge in [-0.05, 0) is 44.9 Å². The molecule has 1 aromatic carbocycles. The number of nitrogen functional groups attached to an aromatic ring is 1. The average molecular weight is 278 g/mol. The summed E-state index contributed by atoms with van der Waals surface area (Å²) >= 11 is 0. The number of carbonyl (C=O) groups excluding carboxylic acids is 1. The van der Waals surface area contributed by atoms with Crippen molar-refractivity contribution >= 4 is 11.6 Å². The molecule has 110 valence electrons. The van der Waals surface area contributed by atoms with Gasteiger partial charge in [-0.3, -0.25) is 4.79 Å². The topological polar surface area (TPSA) is 73.6 Å². The molecule has 1 saturated heterocycles. The molecule has 0 saturated carbocycles. The SMILES string of the molecule is CC(C)Oc1ccc(C(=O)NCC2CCCO2)cc1N. The van der Waals surface area contributed by atoms with Crippen molar-refractivity contribution in [1.29, 1.82) is 0 Å². The Labute approximate surface area is 119 Å². The van der Waals surface area contributed by atoms with Gasteiger partial charge >= 0.3 is 0 Å². The van der Waals surface area contributed by atoms with E-state index in [1.807, 2.05) is 13.8 Å². The molecule has 0 radical (unpaired) electrons. The number of hydrogen-bond donors (Lipinski definition) is 2. The van der Waals surface area contributed by atoms with Gasteiger partial charge in [0.2, 0.25) is 0 Å². The second-order valence-corrected chi connectivity index (χ2v) is 5.26. The van der Waals surface area contributed by atoms with Crippen LogP contribution in [0.5, 0.6) is 5.75 Å². The molecule has 20 heavy (non-hydrogen) atoms. The number of amides is 1. The van der Waals surface area contributed by atoms with Crippen LogP contribution in [0, 0.1) is 0 Å². The number of anilines is 1. The molecular weight excluding hydrogens is 256 g/mol. The zero-order chi connectivity index (χ0) is 14.5. The van der Waals surface area contributed by atoms with Gasteiger partial charge in [-0.15, -0.1) is 0 Å². The van der Waals surface area contributed by atoms with Crippen molar-refractivity contribution in [3.05, 3.63) is 23.8 Å². The second-order valence-electron chi connectivity index (χ2n) is 5.26. The zero-order valence-electron chi connectivity index (χ0n) is 12.0. The maximum Gasteiger partial charge on any atom is 0.251 e. The molecule has 0 spiro atoms. The number of nitrogens with one attached hydrogen (secondary N) is 1. The average Bonchev–Trinajstić information content (AvgIpc) is 2.91. The summed E-state index contributed by atoms with van der Waals surface area (Å²) < 4.78 is 11.0. The smallest absolute Gasteiger partial charge is 0.251 e. The van der Waals surface area contributed by atoms with E-state index in [9.17, 15) is 4.79 Å². The largest absolute Gasteiger partial charge is 0.489 e. The molecule has 1 aliphatic heterocycles. The standard InChI is InChI=1S/C15H22N2O3/c1-10(2)20-14-6-5-11(8-13(14)16)15(18)17-9-12-4-3-7-19-12/h5-6,8,10,12H,3-4,7,9,16H2,1-2H3,(H,17,18). The molecule has 1 heterocycles. The van der Waals surface area contributed by atoms with Crippen molar-refractivity contribution in [3.8, 4) is 5.75 Å². The number of rotatable bonds is 5. The van der Waals surface area contributed by atoms with Gasteiger partial charge in [0.15, 0.2) is 0 Å². The number of carbonyl (C=O) groups is 1. The van der Waals surface area contributed by atoms with E-state index in [0.29, 0.717) is 23.5 Å². The van der Waals surface area contributed by atoms with E-state index in [0.717, 1.165) is 19.4 Å². The highest BCUT2D eigenvalue weighted by Gasteiger charge is 2.17. The van der Waals surface area contributed by atoms with Gasteiger partial charge < -0.3 is 20.5 Å². The van der Waals surface area contributed by atoms with Gasteiger partial charge in [-0.1, -0.05) is 0 Å². The van der Waals surface area contributed by atoms with Crippen molar-refractivity contribution in [1.82, 2.24) is 5.32 Å². The summed E-state index contributed by atoms with van der Waals surface area (Å²) in [6.45, 7) is 5.20. The third-order valence-corrected chi connectivity index (χ3v) is 3.15. The molecular formula is C15H22N2O3. The van der Waals surface area contributed by atoms with Crippen molar-refractivity contribution in [3.63, 3.8) is 0 Å². The van der Waals surface area contributed by atoms with Gasteiger partial charge in [-0.2, -0.15) is 0 Å². The number of benzene rings is 1. The van der Waals surface area contributed by atoms with Crippen LogP contribution in [-0.4, -0.2) is 31.3 Å². The van der Waals surface area contributed by atoms with Gasteiger partial charge in [0.1, 0.15) is 5.75 Å². The summed E-state index contributed by atoms with van der Waals surface area (Å²) in [5.41, 5.74) is 6.91. The predicted octanol–water partition coefficient (Wildman–Crippen LogP) is 1.96.